The molecule has 5 nitrogen and oxygen atoms in total. The van der Waals surface area contributed by atoms with Crippen molar-refractivity contribution in [3.63, 3.8) is 0 Å². The van der Waals surface area contributed by atoms with Gasteiger partial charge < -0.3 is 10.4 Å². The highest BCUT2D eigenvalue weighted by Crippen LogP contribution is 2.10. The van der Waals surface area contributed by atoms with Gasteiger partial charge in [-0.1, -0.05) is 0 Å². The normalized spacial score (nSPS) is 11.1. The molecular formula is C9H13N3O2. The van der Waals surface area contributed by atoms with Gasteiger partial charge in [0.2, 0.25) is 0 Å². The Balaban J connectivity index is 2.79. The molecule has 0 saturated heterocycles. The van der Waals surface area contributed by atoms with Crippen LogP contribution in [0.15, 0.2) is 12.4 Å². The summed E-state index contributed by atoms with van der Waals surface area (Å²) in [4.78, 5) is 18.1. The fourth-order valence-corrected chi connectivity index (χ4v) is 0.887. The van der Waals surface area contributed by atoms with Gasteiger partial charge in [0.1, 0.15) is 5.82 Å². The minimum Gasteiger partial charge on any atom is -0.476 e. The topological polar surface area (TPSA) is 75.1 Å². The van der Waals surface area contributed by atoms with Crippen molar-refractivity contribution in [2.75, 3.05) is 5.32 Å². The molecule has 0 aliphatic carbocycles. The minimum absolute atomic E-state index is 0.0514. The molecule has 0 aliphatic heterocycles. The monoisotopic (exact) mass is 195 g/mol. The highest BCUT2D eigenvalue weighted by Gasteiger charge is 2.11. The van der Waals surface area contributed by atoms with Gasteiger partial charge in [-0.2, -0.15) is 0 Å². The number of carboxylic acids is 1. The molecule has 2 N–H and O–H groups in total. The maximum atomic E-state index is 10.5. The number of aromatic nitrogens is 2. The third-order valence-electron chi connectivity index (χ3n) is 1.37. The van der Waals surface area contributed by atoms with E-state index in [0.717, 1.165) is 0 Å². The summed E-state index contributed by atoms with van der Waals surface area (Å²) in [5, 5.41) is 11.7. The van der Waals surface area contributed by atoms with Gasteiger partial charge in [0, 0.05) is 5.54 Å². The summed E-state index contributed by atoms with van der Waals surface area (Å²) in [6.07, 6.45) is 2.64. The zero-order valence-electron chi connectivity index (χ0n) is 8.40. The van der Waals surface area contributed by atoms with Crippen molar-refractivity contribution in [1.29, 1.82) is 0 Å². The Hall–Kier alpha value is -1.65. The summed E-state index contributed by atoms with van der Waals surface area (Å²) in [5.74, 6) is -0.498. The molecule has 0 spiro atoms. The number of anilines is 1. The van der Waals surface area contributed by atoms with Crippen molar-refractivity contribution in [1.82, 2.24) is 9.97 Å². The summed E-state index contributed by atoms with van der Waals surface area (Å²) in [6, 6.07) is 0. The van der Waals surface area contributed by atoms with Crippen LogP contribution in [0.25, 0.3) is 0 Å². The fraction of sp³-hybridized carbons (Fsp3) is 0.444. The van der Waals surface area contributed by atoms with E-state index < -0.39 is 5.97 Å². The zero-order chi connectivity index (χ0) is 10.8. The van der Waals surface area contributed by atoms with Crippen LogP contribution >= 0.6 is 0 Å². The Kier molecular flexibility index (Phi) is 2.69. The maximum Gasteiger partial charge on any atom is 0.356 e. The van der Waals surface area contributed by atoms with E-state index in [0.29, 0.717) is 5.82 Å². The van der Waals surface area contributed by atoms with E-state index in [4.69, 9.17) is 5.11 Å². The van der Waals surface area contributed by atoms with Crippen molar-refractivity contribution in [2.24, 2.45) is 0 Å². The first kappa shape index (κ1) is 10.4. The van der Waals surface area contributed by atoms with Crippen LogP contribution in [0.2, 0.25) is 0 Å². The van der Waals surface area contributed by atoms with E-state index >= 15 is 0 Å². The molecule has 0 amide bonds. The number of hydrogen-bond donors (Lipinski definition) is 2. The summed E-state index contributed by atoms with van der Waals surface area (Å²) in [7, 11) is 0. The molecule has 0 fully saturated rings. The number of nitrogens with zero attached hydrogens (tertiary/aromatic N) is 2. The highest BCUT2D eigenvalue weighted by molar-refractivity contribution is 5.84. The Morgan fingerprint density at radius 2 is 2.00 bits per heavy atom. The first-order valence-electron chi connectivity index (χ1n) is 4.22. The van der Waals surface area contributed by atoms with Gasteiger partial charge in [0.15, 0.2) is 5.69 Å². The smallest absolute Gasteiger partial charge is 0.356 e. The van der Waals surface area contributed by atoms with Crippen LogP contribution < -0.4 is 5.32 Å². The van der Waals surface area contributed by atoms with E-state index in [1.807, 2.05) is 20.8 Å². The second kappa shape index (κ2) is 3.61. The van der Waals surface area contributed by atoms with Crippen molar-refractivity contribution in [3.8, 4) is 0 Å². The van der Waals surface area contributed by atoms with Crippen molar-refractivity contribution >= 4 is 11.8 Å². The lowest BCUT2D eigenvalue weighted by Crippen LogP contribution is -2.26. The minimum atomic E-state index is -1.07. The van der Waals surface area contributed by atoms with E-state index in [9.17, 15) is 4.79 Å². The third-order valence-corrected chi connectivity index (χ3v) is 1.37. The number of aromatic carboxylic acids is 1. The molecule has 1 aromatic rings. The van der Waals surface area contributed by atoms with Gasteiger partial charge >= 0.3 is 5.97 Å². The lowest BCUT2D eigenvalue weighted by atomic mass is 10.1. The van der Waals surface area contributed by atoms with E-state index in [1.165, 1.54) is 12.4 Å². The number of nitrogens with one attached hydrogen (secondary N) is 1. The molecule has 1 aromatic heterocycles. The van der Waals surface area contributed by atoms with Crippen molar-refractivity contribution < 1.29 is 9.90 Å². The van der Waals surface area contributed by atoms with Gasteiger partial charge in [-0.15, -0.1) is 0 Å². The van der Waals surface area contributed by atoms with Crippen LogP contribution in [0.5, 0.6) is 0 Å². The van der Waals surface area contributed by atoms with Gasteiger partial charge in [-0.3, -0.25) is 0 Å². The van der Waals surface area contributed by atoms with E-state index in [1.54, 1.807) is 0 Å². The van der Waals surface area contributed by atoms with Gasteiger partial charge in [0.25, 0.3) is 0 Å². The lowest BCUT2D eigenvalue weighted by molar-refractivity contribution is 0.0690. The Morgan fingerprint density at radius 1 is 1.36 bits per heavy atom. The molecule has 76 valence electrons. The maximum absolute atomic E-state index is 10.5. The van der Waals surface area contributed by atoms with Gasteiger partial charge in [-0.25, -0.2) is 14.8 Å². The van der Waals surface area contributed by atoms with Crippen LogP contribution in [0.4, 0.5) is 5.82 Å². The number of carbonyl (C=O) groups is 1. The predicted octanol–water partition coefficient (Wildman–Crippen LogP) is 1.39. The largest absolute Gasteiger partial charge is 0.476 e. The molecule has 0 atom stereocenters. The molecule has 14 heavy (non-hydrogen) atoms. The molecule has 0 bridgehead atoms. The predicted molar refractivity (Wildman–Crippen MR) is 52.4 cm³/mol. The van der Waals surface area contributed by atoms with Crippen LogP contribution in [0.3, 0.4) is 0 Å². The SMILES string of the molecule is CC(C)(C)Nc1cnc(C(=O)O)cn1. The van der Waals surface area contributed by atoms with Crippen LogP contribution in [-0.2, 0) is 0 Å². The van der Waals surface area contributed by atoms with Gasteiger partial charge in [0.05, 0.1) is 12.4 Å². The highest BCUT2D eigenvalue weighted by atomic mass is 16.4. The van der Waals surface area contributed by atoms with Gasteiger partial charge in [-0.05, 0) is 20.8 Å². The Morgan fingerprint density at radius 3 is 2.36 bits per heavy atom. The van der Waals surface area contributed by atoms with E-state index in [2.05, 4.69) is 15.3 Å². The molecule has 0 radical (unpaired) electrons. The standard InChI is InChI=1S/C9H13N3O2/c1-9(2,3)12-7-5-10-6(4-11-7)8(13)14/h4-5H,1-3H3,(H,11,12)(H,13,14). The summed E-state index contributed by atoms with van der Waals surface area (Å²) >= 11 is 0. The lowest BCUT2D eigenvalue weighted by Gasteiger charge is -2.20. The second-order valence-electron chi connectivity index (χ2n) is 3.97. The first-order valence-corrected chi connectivity index (χ1v) is 4.22. The molecule has 0 unspecified atom stereocenters. The summed E-state index contributed by atoms with van der Waals surface area (Å²) in [6.45, 7) is 5.96. The number of rotatable bonds is 2. The molecular weight excluding hydrogens is 182 g/mol. The Labute approximate surface area is 82.2 Å². The molecule has 0 saturated carbocycles. The average Bonchev–Trinajstić information content (AvgIpc) is 2.02. The van der Waals surface area contributed by atoms with Crippen LogP contribution in [-0.4, -0.2) is 26.6 Å². The van der Waals surface area contributed by atoms with E-state index in [-0.39, 0.29) is 11.2 Å². The summed E-state index contributed by atoms with van der Waals surface area (Å²) < 4.78 is 0. The number of hydrogen-bond acceptors (Lipinski definition) is 4. The quantitative estimate of drug-likeness (QED) is 0.745. The number of carboxylic acid groups (broad SMARTS) is 1. The average molecular weight is 195 g/mol. The Bertz CT molecular complexity index is 327. The van der Waals surface area contributed by atoms with Crippen LogP contribution in [0.1, 0.15) is 31.3 Å². The van der Waals surface area contributed by atoms with Crippen LogP contribution in [0, 0.1) is 0 Å². The molecule has 1 heterocycles. The second-order valence-corrected chi connectivity index (χ2v) is 3.97. The molecule has 0 aromatic carbocycles. The van der Waals surface area contributed by atoms with Crippen molar-refractivity contribution in [3.05, 3.63) is 18.1 Å². The van der Waals surface area contributed by atoms with Crippen molar-refractivity contribution in [2.45, 2.75) is 26.3 Å². The summed E-state index contributed by atoms with van der Waals surface area (Å²) in [5.41, 5.74) is -0.163. The molecule has 0 aliphatic rings. The molecule has 1 rings (SSSR count). The zero-order valence-corrected chi connectivity index (χ0v) is 8.40. The molecule has 5 heteroatoms. The third kappa shape index (κ3) is 3.01. The first-order chi connectivity index (χ1) is 6.38. The fourth-order valence-electron chi connectivity index (χ4n) is 0.887.